The number of aliphatic carboxylic acids is 1. The van der Waals surface area contributed by atoms with Crippen LogP contribution in [-0.4, -0.2) is 30.2 Å². The van der Waals surface area contributed by atoms with Crippen molar-refractivity contribution < 1.29 is 9.90 Å². The molecule has 8 heteroatoms. The molecule has 16 heavy (non-hydrogen) atoms. The summed E-state index contributed by atoms with van der Waals surface area (Å²) in [6.07, 6.45) is 1.12. The van der Waals surface area contributed by atoms with Crippen LogP contribution in [0.1, 0.15) is 5.69 Å². The monoisotopic (exact) mass is 242 g/mol. The van der Waals surface area contributed by atoms with Crippen LogP contribution in [0.25, 0.3) is 5.52 Å². The molecule has 0 fully saturated rings. The molecule has 0 aromatic carbocycles. The van der Waals surface area contributed by atoms with Gasteiger partial charge < -0.3 is 5.11 Å². The predicted molar refractivity (Wildman–Crippen MR) is 54.6 cm³/mol. The van der Waals surface area contributed by atoms with Crippen molar-refractivity contribution in [2.24, 2.45) is 0 Å². The summed E-state index contributed by atoms with van der Waals surface area (Å²) < 4.78 is 2.17. The van der Waals surface area contributed by atoms with Gasteiger partial charge in [0.15, 0.2) is 5.52 Å². The Morgan fingerprint density at radius 1 is 1.62 bits per heavy atom. The highest BCUT2D eigenvalue weighted by Gasteiger charge is 2.13. The molecule has 0 atom stereocenters. The van der Waals surface area contributed by atoms with Crippen molar-refractivity contribution >= 4 is 23.1 Å². The summed E-state index contributed by atoms with van der Waals surface area (Å²) in [5, 5.41) is 12.5. The van der Waals surface area contributed by atoms with Gasteiger partial charge in [0.1, 0.15) is 12.9 Å². The zero-order valence-electron chi connectivity index (χ0n) is 8.21. The van der Waals surface area contributed by atoms with E-state index >= 15 is 0 Å². The van der Waals surface area contributed by atoms with E-state index in [0.29, 0.717) is 5.69 Å². The molecule has 1 N–H and O–H groups in total. The van der Waals surface area contributed by atoms with Gasteiger partial charge in [0.2, 0.25) is 5.28 Å². The molecule has 0 unspecified atom stereocenters. The van der Waals surface area contributed by atoms with Crippen LogP contribution < -0.4 is 5.56 Å². The van der Waals surface area contributed by atoms with Gasteiger partial charge in [-0.1, -0.05) is 0 Å². The molecule has 0 radical (unpaired) electrons. The third kappa shape index (κ3) is 1.54. The second-order valence-corrected chi connectivity index (χ2v) is 3.52. The molecule has 2 rings (SSSR count). The number of carboxylic acids is 1. The third-order valence-electron chi connectivity index (χ3n) is 2.06. The predicted octanol–water partition coefficient (Wildman–Crippen LogP) is -0.0626. The fourth-order valence-electron chi connectivity index (χ4n) is 1.40. The van der Waals surface area contributed by atoms with Crippen LogP contribution in [0.2, 0.25) is 5.28 Å². The summed E-state index contributed by atoms with van der Waals surface area (Å²) in [7, 11) is 0. The lowest BCUT2D eigenvalue weighted by atomic mass is 10.4. The summed E-state index contributed by atoms with van der Waals surface area (Å²) in [5.41, 5.74) is 0.130. The molecule has 0 aliphatic carbocycles. The number of hydrogen-bond acceptors (Lipinski definition) is 4. The molecule has 0 saturated heterocycles. The van der Waals surface area contributed by atoms with E-state index in [2.05, 4.69) is 10.1 Å². The number of carbonyl (C=O) groups is 1. The molecule has 2 aromatic heterocycles. The Kier molecular flexibility index (Phi) is 2.39. The first kappa shape index (κ1) is 10.6. The van der Waals surface area contributed by atoms with Crippen molar-refractivity contribution in [3.05, 3.63) is 27.7 Å². The summed E-state index contributed by atoms with van der Waals surface area (Å²) in [4.78, 5) is 26.2. The fourth-order valence-corrected chi connectivity index (χ4v) is 1.65. The fraction of sp³-hybridized carbons (Fsp3) is 0.250. The van der Waals surface area contributed by atoms with Gasteiger partial charge in [0.05, 0.1) is 5.69 Å². The number of carboxylic acid groups (broad SMARTS) is 1. The van der Waals surface area contributed by atoms with E-state index in [9.17, 15) is 9.59 Å². The highest BCUT2D eigenvalue weighted by atomic mass is 35.5. The van der Waals surface area contributed by atoms with Crippen molar-refractivity contribution in [2.45, 2.75) is 13.5 Å². The Morgan fingerprint density at radius 3 is 2.94 bits per heavy atom. The Morgan fingerprint density at radius 2 is 2.31 bits per heavy atom. The normalized spacial score (nSPS) is 10.9. The highest BCUT2D eigenvalue weighted by molar-refractivity contribution is 6.28. The zero-order chi connectivity index (χ0) is 11.9. The number of halogens is 1. The number of imidazole rings is 1. The van der Waals surface area contributed by atoms with E-state index in [1.165, 1.54) is 4.52 Å². The first-order chi connectivity index (χ1) is 7.50. The Balaban J connectivity index is 2.74. The van der Waals surface area contributed by atoms with Gasteiger partial charge in [0.25, 0.3) is 5.56 Å². The Labute approximate surface area is 93.9 Å². The summed E-state index contributed by atoms with van der Waals surface area (Å²) in [6, 6.07) is 0. The number of aromatic nitrogens is 4. The molecule has 0 spiro atoms. The molecule has 84 valence electrons. The molecule has 2 heterocycles. The average Bonchev–Trinajstić information content (AvgIpc) is 2.46. The lowest BCUT2D eigenvalue weighted by molar-refractivity contribution is -0.137. The van der Waals surface area contributed by atoms with Crippen molar-refractivity contribution in [2.75, 3.05) is 0 Å². The average molecular weight is 243 g/mol. The number of hydrogen-bond donors (Lipinski definition) is 1. The van der Waals surface area contributed by atoms with Gasteiger partial charge in [-0.15, -0.1) is 0 Å². The number of aryl methyl sites for hydroxylation is 1. The van der Waals surface area contributed by atoms with Crippen molar-refractivity contribution in [1.29, 1.82) is 0 Å². The quantitative estimate of drug-likeness (QED) is 0.797. The van der Waals surface area contributed by atoms with Crippen LogP contribution in [-0.2, 0) is 11.3 Å². The smallest absolute Gasteiger partial charge is 0.323 e. The minimum atomic E-state index is -1.11. The lowest BCUT2D eigenvalue weighted by Gasteiger charge is -2.01. The number of fused-ring (bicyclic) bond motifs is 1. The standard InChI is InChI=1S/C8H7ClN4O3/c1-4-6-7(16)12(2-5(14)15)3-10-13(6)8(9)11-4/h3H,2H2,1H3,(H,14,15). The SMILES string of the molecule is Cc1nc(Cl)n2ncn(CC(=O)O)c(=O)c12. The molecule has 0 aliphatic rings. The molecule has 2 aromatic rings. The minimum Gasteiger partial charge on any atom is -0.480 e. The van der Waals surface area contributed by atoms with Crippen molar-refractivity contribution in [3.63, 3.8) is 0 Å². The molecule has 0 bridgehead atoms. The van der Waals surface area contributed by atoms with Gasteiger partial charge in [-0.05, 0) is 18.5 Å². The van der Waals surface area contributed by atoms with Crippen LogP contribution >= 0.6 is 11.6 Å². The molecule has 0 saturated carbocycles. The maximum absolute atomic E-state index is 11.8. The van der Waals surface area contributed by atoms with Gasteiger partial charge in [-0.2, -0.15) is 9.61 Å². The zero-order valence-corrected chi connectivity index (χ0v) is 8.97. The number of rotatable bonds is 2. The van der Waals surface area contributed by atoms with Crippen molar-refractivity contribution in [1.82, 2.24) is 19.2 Å². The summed E-state index contributed by atoms with van der Waals surface area (Å²) in [5.74, 6) is -1.11. The third-order valence-corrected chi connectivity index (χ3v) is 2.31. The van der Waals surface area contributed by atoms with E-state index in [-0.39, 0.29) is 10.8 Å². The molecule has 0 amide bonds. The second kappa shape index (κ2) is 3.60. The van der Waals surface area contributed by atoms with Crippen LogP contribution in [0.5, 0.6) is 0 Å². The van der Waals surface area contributed by atoms with Gasteiger partial charge in [0, 0.05) is 0 Å². The summed E-state index contributed by atoms with van der Waals surface area (Å²) in [6.45, 7) is 1.17. The van der Waals surface area contributed by atoms with Crippen molar-refractivity contribution in [3.8, 4) is 0 Å². The van der Waals surface area contributed by atoms with Gasteiger partial charge in [-0.25, -0.2) is 4.98 Å². The first-order valence-corrected chi connectivity index (χ1v) is 4.70. The maximum atomic E-state index is 11.8. The minimum absolute atomic E-state index is 0.0760. The van der Waals surface area contributed by atoms with E-state index in [1.54, 1.807) is 6.92 Å². The Bertz CT molecular complexity index is 630. The van der Waals surface area contributed by atoms with E-state index in [0.717, 1.165) is 10.9 Å². The first-order valence-electron chi connectivity index (χ1n) is 4.33. The molecular formula is C8H7ClN4O3. The van der Waals surface area contributed by atoms with E-state index < -0.39 is 18.1 Å². The van der Waals surface area contributed by atoms with E-state index in [1.807, 2.05) is 0 Å². The van der Waals surface area contributed by atoms with Gasteiger partial charge in [-0.3, -0.25) is 14.2 Å². The maximum Gasteiger partial charge on any atom is 0.323 e. The number of nitrogens with zero attached hydrogens (tertiary/aromatic N) is 4. The molecular weight excluding hydrogens is 236 g/mol. The van der Waals surface area contributed by atoms with Gasteiger partial charge >= 0.3 is 5.97 Å². The van der Waals surface area contributed by atoms with Crippen LogP contribution in [0.15, 0.2) is 11.1 Å². The van der Waals surface area contributed by atoms with Crippen LogP contribution in [0.4, 0.5) is 0 Å². The van der Waals surface area contributed by atoms with E-state index in [4.69, 9.17) is 16.7 Å². The van der Waals surface area contributed by atoms with Crippen LogP contribution in [0.3, 0.4) is 0 Å². The highest BCUT2D eigenvalue weighted by Crippen LogP contribution is 2.10. The second-order valence-electron chi connectivity index (χ2n) is 3.18. The largest absolute Gasteiger partial charge is 0.480 e. The lowest BCUT2D eigenvalue weighted by Crippen LogP contribution is -2.26. The molecule has 7 nitrogen and oxygen atoms in total. The summed E-state index contributed by atoms with van der Waals surface area (Å²) >= 11 is 5.73. The molecule has 0 aliphatic heterocycles. The Hall–Kier alpha value is -1.89. The van der Waals surface area contributed by atoms with Crippen LogP contribution in [0, 0.1) is 6.92 Å². The topological polar surface area (TPSA) is 89.5 Å².